The first kappa shape index (κ1) is 16.2. The largest absolute Gasteiger partial charge is 0.491 e. The monoisotopic (exact) mass is 335 g/mol. The Morgan fingerprint density at radius 3 is 2.75 bits per heavy atom. The number of aliphatic hydroxyl groups is 1. The Morgan fingerprint density at radius 2 is 2.15 bits per heavy atom. The molecule has 0 aliphatic heterocycles. The molecule has 1 saturated carbocycles. The van der Waals surface area contributed by atoms with Gasteiger partial charge in [-0.05, 0) is 31.2 Å². The molecule has 0 spiro atoms. The number of aliphatic hydroxyl groups excluding tert-OH is 1. The van der Waals surface area contributed by atoms with E-state index in [-0.39, 0.29) is 6.61 Å². The SMILES string of the molecule is CSC1(CNCC(O)COc2ccc(Cl)c(Cl)c2)CC1. The number of halogens is 2. The summed E-state index contributed by atoms with van der Waals surface area (Å²) in [5.74, 6) is 0.612. The highest BCUT2D eigenvalue weighted by molar-refractivity contribution is 8.00. The van der Waals surface area contributed by atoms with Gasteiger partial charge in [0.1, 0.15) is 18.5 Å². The van der Waals surface area contributed by atoms with Crippen LogP contribution in [-0.2, 0) is 0 Å². The molecule has 0 amide bonds. The van der Waals surface area contributed by atoms with Crippen molar-refractivity contribution in [2.75, 3.05) is 26.0 Å². The van der Waals surface area contributed by atoms with Crippen LogP contribution in [-0.4, -0.2) is 41.9 Å². The fourth-order valence-corrected chi connectivity index (χ4v) is 2.92. The molecule has 112 valence electrons. The van der Waals surface area contributed by atoms with E-state index < -0.39 is 6.10 Å². The molecule has 20 heavy (non-hydrogen) atoms. The molecule has 0 heterocycles. The molecule has 3 nitrogen and oxygen atoms in total. The summed E-state index contributed by atoms with van der Waals surface area (Å²) in [5.41, 5.74) is 0. The second-order valence-electron chi connectivity index (χ2n) is 5.06. The highest BCUT2D eigenvalue weighted by atomic mass is 35.5. The predicted octanol–water partition coefficient (Wildman–Crippen LogP) is 3.22. The van der Waals surface area contributed by atoms with Crippen molar-refractivity contribution in [1.29, 1.82) is 0 Å². The highest BCUT2D eigenvalue weighted by Gasteiger charge is 2.41. The molecule has 1 fully saturated rings. The minimum Gasteiger partial charge on any atom is -0.491 e. The Bertz CT molecular complexity index is 455. The first-order valence-electron chi connectivity index (χ1n) is 6.56. The first-order chi connectivity index (χ1) is 9.54. The van der Waals surface area contributed by atoms with Gasteiger partial charge < -0.3 is 15.2 Å². The van der Waals surface area contributed by atoms with Gasteiger partial charge in [0.2, 0.25) is 0 Å². The third kappa shape index (κ3) is 4.71. The Balaban J connectivity index is 1.66. The lowest BCUT2D eigenvalue weighted by Gasteiger charge is -2.16. The molecule has 2 rings (SSSR count). The lowest BCUT2D eigenvalue weighted by molar-refractivity contribution is 0.106. The average Bonchev–Trinajstić information content (AvgIpc) is 3.21. The molecule has 0 aromatic heterocycles. The fraction of sp³-hybridized carbons (Fsp3) is 0.571. The van der Waals surface area contributed by atoms with Crippen LogP contribution >= 0.6 is 35.0 Å². The van der Waals surface area contributed by atoms with E-state index in [4.69, 9.17) is 27.9 Å². The molecule has 1 aromatic rings. The van der Waals surface area contributed by atoms with Gasteiger partial charge in [0.15, 0.2) is 0 Å². The van der Waals surface area contributed by atoms with Gasteiger partial charge in [0.25, 0.3) is 0 Å². The minimum absolute atomic E-state index is 0.233. The summed E-state index contributed by atoms with van der Waals surface area (Å²) in [6.07, 6.45) is 4.12. The number of ether oxygens (including phenoxy) is 1. The third-order valence-electron chi connectivity index (χ3n) is 3.40. The maximum Gasteiger partial charge on any atom is 0.121 e. The molecule has 6 heteroatoms. The van der Waals surface area contributed by atoms with Crippen LogP contribution < -0.4 is 10.1 Å². The standard InChI is InChI=1S/C14H19Cl2NO2S/c1-20-14(4-5-14)9-17-7-10(18)8-19-11-2-3-12(15)13(16)6-11/h2-3,6,10,17-18H,4-5,7-9H2,1H3. The summed E-state index contributed by atoms with van der Waals surface area (Å²) in [6, 6.07) is 5.07. The van der Waals surface area contributed by atoms with Crippen molar-refractivity contribution in [2.45, 2.75) is 23.7 Å². The van der Waals surface area contributed by atoms with Gasteiger partial charge in [-0.1, -0.05) is 23.2 Å². The average molecular weight is 336 g/mol. The Hall–Kier alpha value is -0.130. The topological polar surface area (TPSA) is 41.5 Å². The molecular formula is C14H19Cl2NO2S. The number of hydrogen-bond acceptors (Lipinski definition) is 4. The molecule has 1 aliphatic carbocycles. The van der Waals surface area contributed by atoms with Gasteiger partial charge in [-0.3, -0.25) is 0 Å². The van der Waals surface area contributed by atoms with E-state index >= 15 is 0 Å². The molecule has 1 aliphatic rings. The lowest BCUT2D eigenvalue weighted by atomic mass is 10.3. The van der Waals surface area contributed by atoms with Crippen LogP contribution in [0.3, 0.4) is 0 Å². The zero-order chi connectivity index (χ0) is 14.6. The maximum absolute atomic E-state index is 9.87. The van der Waals surface area contributed by atoms with E-state index in [0.29, 0.717) is 27.1 Å². The van der Waals surface area contributed by atoms with Crippen LogP contribution in [0.4, 0.5) is 0 Å². The highest BCUT2D eigenvalue weighted by Crippen LogP contribution is 2.46. The summed E-state index contributed by atoms with van der Waals surface area (Å²) in [7, 11) is 0. The molecule has 0 radical (unpaired) electrons. The van der Waals surface area contributed by atoms with E-state index in [1.54, 1.807) is 18.2 Å². The molecule has 1 aromatic carbocycles. The van der Waals surface area contributed by atoms with Gasteiger partial charge in [0, 0.05) is 23.9 Å². The van der Waals surface area contributed by atoms with E-state index in [9.17, 15) is 5.11 Å². The molecular weight excluding hydrogens is 317 g/mol. The van der Waals surface area contributed by atoms with Gasteiger partial charge in [-0.2, -0.15) is 11.8 Å². The van der Waals surface area contributed by atoms with Crippen molar-refractivity contribution in [2.24, 2.45) is 0 Å². The summed E-state index contributed by atoms with van der Waals surface area (Å²) < 4.78 is 5.90. The van der Waals surface area contributed by atoms with Crippen molar-refractivity contribution in [3.05, 3.63) is 28.2 Å². The van der Waals surface area contributed by atoms with Gasteiger partial charge in [-0.25, -0.2) is 0 Å². The molecule has 2 N–H and O–H groups in total. The zero-order valence-corrected chi connectivity index (χ0v) is 13.7. The second-order valence-corrected chi connectivity index (χ2v) is 7.15. The van der Waals surface area contributed by atoms with E-state index in [1.807, 2.05) is 11.8 Å². The first-order valence-corrected chi connectivity index (χ1v) is 8.54. The normalized spacial score (nSPS) is 17.8. The van der Waals surface area contributed by atoms with Crippen LogP contribution in [0, 0.1) is 0 Å². The van der Waals surface area contributed by atoms with Crippen LogP contribution in [0.1, 0.15) is 12.8 Å². The zero-order valence-electron chi connectivity index (χ0n) is 11.4. The second kappa shape index (κ2) is 7.23. The summed E-state index contributed by atoms with van der Waals surface area (Å²) >= 11 is 13.6. The van der Waals surface area contributed by atoms with Crippen LogP contribution in [0.5, 0.6) is 5.75 Å². The molecule has 0 bridgehead atoms. The predicted molar refractivity (Wildman–Crippen MR) is 86.3 cm³/mol. The van der Waals surface area contributed by atoms with Gasteiger partial charge in [-0.15, -0.1) is 0 Å². The lowest BCUT2D eigenvalue weighted by Crippen LogP contribution is -2.35. The minimum atomic E-state index is -0.540. The number of benzene rings is 1. The van der Waals surface area contributed by atoms with Crippen molar-refractivity contribution in [1.82, 2.24) is 5.32 Å². The number of hydrogen-bond donors (Lipinski definition) is 2. The van der Waals surface area contributed by atoms with Crippen molar-refractivity contribution in [3.8, 4) is 5.75 Å². The summed E-state index contributed by atoms with van der Waals surface area (Å²) in [6.45, 7) is 1.71. The van der Waals surface area contributed by atoms with Crippen LogP contribution in [0.25, 0.3) is 0 Å². The molecule has 0 saturated heterocycles. The van der Waals surface area contributed by atoms with Gasteiger partial charge in [0.05, 0.1) is 10.0 Å². The van der Waals surface area contributed by atoms with Crippen molar-refractivity contribution >= 4 is 35.0 Å². The van der Waals surface area contributed by atoms with Crippen LogP contribution in [0.15, 0.2) is 18.2 Å². The van der Waals surface area contributed by atoms with Crippen molar-refractivity contribution < 1.29 is 9.84 Å². The molecule has 1 unspecified atom stereocenters. The number of rotatable bonds is 8. The quantitative estimate of drug-likeness (QED) is 0.765. The molecule has 1 atom stereocenters. The summed E-state index contributed by atoms with van der Waals surface area (Å²) in [5, 5.41) is 14.1. The van der Waals surface area contributed by atoms with Gasteiger partial charge >= 0.3 is 0 Å². The number of nitrogens with one attached hydrogen (secondary N) is 1. The Kier molecular flexibility index (Phi) is 5.87. The smallest absolute Gasteiger partial charge is 0.121 e. The maximum atomic E-state index is 9.87. The van der Waals surface area contributed by atoms with E-state index in [0.717, 1.165) is 6.54 Å². The van der Waals surface area contributed by atoms with Crippen LogP contribution in [0.2, 0.25) is 10.0 Å². The Labute approximate surface area is 134 Å². The Morgan fingerprint density at radius 1 is 1.40 bits per heavy atom. The summed E-state index contributed by atoms with van der Waals surface area (Å²) in [4.78, 5) is 0. The van der Waals surface area contributed by atoms with E-state index in [2.05, 4.69) is 11.6 Å². The fourth-order valence-electron chi connectivity index (χ4n) is 1.88. The number of thioether (sulfide) groups is 1. The van der Waals surface area contributed by atoms with Crippen molar-refractivity contribution in [3.63, 3.8) is 0 Å². The van der Waals surface area contributed by atoms with E-state index in [1.165, 1.54) is 12.8 Å². The third-order valence-corrected chi connectivity index (χ3v) is 5.56.